The summed E-state index contributed by atoms with van der Waals surface area (Å²) in [5, 5.41) is 12.9. The molecule has 2 N–H and O–H groups in total. The molecule has 0 unspecified atom stereocenters. The van der Waals surface area contributed by atoms with Crippen LogP contribution in [0.25, 0.3) is 0 Å². The summed E-state index contributed by atoms with van der Waals surface area (Å²) < 4.78 is 13.4. The minimum absolute atomic E-state index is 0.0637. The van der Waals surface area contributed by atoms with Crippen molar-refractivity contribution in [1.29, 1.82) is 0 Å². The van der Waals surface area contributed by atoms with Crippen LogP contribution in [-0.4, -0.2) is 17.6 Å². The number of aromatic carboxylic acids is 1. The molecule has 25 heavy (non-hydrogen) atoms. The van der Waals surface area contributed by atoms with Crippen molar-refractivity contribution in [3.05, 3.63) is 70.0 Å². The van der Waals surface area contributed by atoms with Crippen molar-refractivity contribution in [2.45, 2.75) is 37.6 Å². The SMILES string of the molecule is O=C(O)c1ccc(CNCC2(c3ccc(F)cc3Cl)CCCC2)cc1. The molecule has 0 bridgehead atoms. The van der Waals surface area contributed by atoms with Gasteiger partial charge < -0.3 is 10.4 Å². The third-order valence-corrected chi connectivity index (χ3v) is 5.37. The zero-order valence-corrected chi connectivity index (χ0v) is 14.7. The van der Waals surface area contributed by atoms with E-state index < -0.39 is 5.97 Å². The molecule has 0 aliphatic heterocycles. The van der Waals surface area contributed by atoms with Crippen LogP contribution in [0.3, 0.4) is 0 Å². The topological polar surface area (TPSA) is 49.3 Å². The Hall–Kier alpha value is -1.91. The van der Waals surface area contributed by atoms with Crippen molar-refractivity contribution >= 4 is 17.6 Å². The molecule has 5 heteroatoms. The molecule has 2 aromatic rings. The Morgan fingerprint density at radius 2 is 1.84 bits per heavy atom. The first-order valence-corrected chi connectivity index (χ1v) is 8.86. The highest BCUT2D eigenvalue weighted by Gasteiger charge is 2.36. The highest BCUT2D eigenvalue weighted by molar-refractivity contribution is 6.31. The fraction of sp³-hybridized carbons (Fsp3) is 0.350. The molecule has 0 spiro atoms. The Labute approximate surface area is 151 Å². The number of hydrogen-bond acceptors (Lipinski definition) is 2. The Kier molecular flexibility index (Phi) is 5.40. The van der Waals surface area contributed by atoms with Gasteiger partial charge in [-0.3, -0.25) is 0 Å². The zero-order chi connectivity index (χ0) is 17.9. The molecule has 1 saturated carbocycles. The molecule has 0 aromatic heterocycles. The van der Waals surface area contributed by atoms with Crippen molar-refractivity contribution in [2.24, 2.45) is 0 Å². The van der Waals surface area contributed by atoms with E-state index in [9.17, 15) is 9.18 Å². The van der Waals surface area contributed by atoms with Gasteiger partial charge in [-0.15, -0.1) is 0 Å². The van der Waals surface area contributed by atoms with Crippen LogP contribution in [-0.2, 0) is 12.0 Å². The largest absolute Gasteiger partial charge is 0.478 e. The van der Waals surface area contributed by atoms with Gasteiger partial charge in [-0.25, -0.2) is 9.18 Å². The highest BCUT2D eigenvalue weighted by atomic mass is 35.5. The number of rotatable bonds is 6. The molecule has 132 valence electrons. The summed E-state index contributed by atoms with van der Waals surface area (Å²) >= 11 is 6.32. The monoisotopic (exact) mass is 361 g/mol. The van der Waals surface area contributed by atoms with Crippen LogP contribution in [0.4, 0.5) is 4.39 Å². The number of carboxylic acids is 1. The zero-order valence-electron chi connectivity index (χ0n) is 13.9. The van der Waals surface area contributed by atoms with Gasteiger partial charge >= 0.3 is 5.97 Å². The van der Waals surface area contributed by atoms with E-state index in [4.69, 9.17) is 16.7 Å². The average Bonchev–Trinajstić information content (AvgIpc) is 3.05. The number of carboxylic acid groups (broad SMARTS) is 1. The van der Waals surface area contributed by atoms with Crippen molar-refractivity contribution < 1.29 is 14.3 Å². The van der Waals surface area contributed by atoms with Gasteiger partial charge in [0.15, 0.2) is 0 Å². The van der Waals surface area contributed by atoms with E-state index in [1.165, 1.54) is 12.1 Å². The van der Waals surface area contributed by atoms with Crippen molar-refractivity contribution in [2.75, 3.05) is 6.54 Å². The summed E-state index contributed by atoms with van der Waals surface area (Å²) in [4.78, 5) is 10.9. The van der Waals surface area contributed by atoms with Gasteiger partial charge in [0, 0.05) is 23.5 Å². The van der Waals surface area contributed by atoms with Crippen LogP contribution in [0.5, 0.6) is 0 Å². The van der Waals surface area contributed by atoms with E-state index in [2.05, 4.69) is 5.32 Å². The van der Waals surface area contributed by atoms with Crippen molar-refractivity contribution in [3.8, 4) is 0 Å². The van der Waals surface area contributed by atoms with E-state index in [0.717, 1.165) is 43.4 Å². The second kappa shape index (κ2) is 7.54. The minimum Gasteiger partial charge on any atom is -0.478 e. The van der Waals surface area contributed by atoms with E-state index in [-0.39, 0.29) is 16.8 Å². The summed E-state index contributed by atoms with van der Waals surface area (Å²) in [6, 6.07) is 11.5. The lowest BCUT2D eigenvalue weighted by Gasteiger charge is -2.31. The third kappa shape index (κ3) is 4.02. The Morgan fingerprint density at radius 1 is 1.16 bits per heavy atom. The van der Waals surface area contributed by atoms with Crippen LogP contribution in [0.1, 0.15) is 47.2 Å². The van der Waals surface area contributed by atoms with Crippen LogP contribution in [0.2, 0.25) is 5.02 Å². The Morgan fingerprint density at radius 3 is 2.44 bits per heavy atom. The number of nitrogens with one attached hydrogen (secondary N) is 1. The maximum absolute atomic E-state index is 13.4. The Balaban J connectivity index is 1.69. The molecular formula is C20H21ClFNO2. The summed E-state index contributed by atoms with van der Waals surface area (Å²) in [5.74, 6) is -1.23. The van der Waals surface area contributed by atoms with Gasteiger partial charge in [-0.05, 0) is 48.2 Å². The summed E-state index contributed by atoms with van der Waals surface area (Å²) in [5.41, 5.74) is 2.27. The van der Waals surface area contributed by atoms with Gasteiger partial charge in [0.2, 0.25) is 0 Å². The van der Waals surface area contributed by atoms with Gasteiger partial charge in [0.25, 0.3) is 0 Å². The standard InChI is InChI=1S/C20H21ClFNO2/c21-18-11-16(22)7-8-17(18)20(9-1-2-10-20)13-23-12-14-3-5-15(6-4-14)19(24)25/h3-8,11,23H,1-2,9-10,12-13H2,(H,24,25). The molecule has 1 fully saturated rings. The molecular weight excluding hydrogens is 341 g/mol. The van der Waals surface area contributed by atoms with Gasteiger partial charge in [0.05, 0.1) is 5.56 Å². The molecule has 3 rings (SSSR count). The normalized spacial score (nSPS) is 16.1. The molecule has 1 aliphatic rings. The Bertz CT molecular complexity index is 755. The average molecular weight is 362 g/mol. The lowest BCUT2D eigenvalue weighted by Crippen LogP contribution is -2.36. The smallest absolute Gasteiger partial charge is 0.335 e. The van der Waals surface area contributed by atoms with Gasteiger partial charge in [-0.2, -0.15) is 0 Å². The van der Waals surface area contributed by atoms with Gasteiger partial charge in [0.1, 0.15) is 5.82 Å². The fourth-order valence-corrected chi connectivity index (χ4v) is 4.09. The minimum atomic E-state index is -0.921. The second-order valence-corrected chi connectivity index (χ2v) is 7.12. The number of halogens is 2. The molecule has 0 amide bonds. The van der Waals surface area contributed by atoms with Crippen molar-refractivity contribution in [3.63, 3.8) is 0 Å². The number of benzene rings is 2. The molecule has 2 aromatic carbocycles. The van der Waals surface area contributed by atoms with Crippen LogP contribution < -0.4 is 5.32 Å². The van der Waals surface area contributed by atoms with E-state index in [1.54, 1.807) is 12.1 Å². The molecule has 0 heterocycles. The summed E-state index contributed by atoms with van der Waals surface area (Å²) in [6.45, 7) is 1.42. The van der Waals surface area contributed by atoms with E-state index in [1.807, 2.05) is 18.2 Å². The first-order chi connectivity index (χ1) is 12.0. The van der Waals surface area contributed by atoms with Gasteiger partial charge in [-0.1, -0.05) is 42.6 Å². The maximum atomic E-state index is 13.4. The van der Waals surface area contributed by atoms with E-state index >= 15 is 0 Å². The van der Waals surface area contributed by atoms with Crippen LogP contribution >= 0.6 is 11.6 Å². The lowest BCUT2D eigenvalue weighted by molar-refractivity contribution is 0.0697. The first-order valence-electron chi connectivity index (χ1n) is 8.49. The fourth-order valence-electron chi connectivity index (χ4n) is 3.72. The maximum Gasteiger partial charge on any atom is 0.335 e. The van der Waals surface area contributed by atoms with Crippen molar-refractivity contribution in [1.82, 2.24) is 5.32 Å². The second-order valence-electron chi connectivity index (χ2n) is 6.72. The molecule has 0 saturated heterocycles. The highest BCUT2D eigenvalue weighted by Crippen LogP contribution is 2.43. The summed E-state index contributed by atoms with van der Waals surface area (Å²) in [7, 11) is 0. The third-order valence-electron chi connectivity index (χ3n) is 5.06. The number of carbonyl (C=O) groups is 1. The quantitative estimate of drug-likeness (QED) is 0.778. The molecule has 0 atom stereocenters. The molecule has 1 aliphatic carbocycles. The molecule has 0 radical (unpaired) electrons. The van der Waals surface area contributed by atoms with E-state index in [0.29, 0.717) is 11.6 Å². The lowest BCUT2D eigenvalue weighted by atomic mass is 9.78. The van der Waals surface area contributed by atoms with Crippen LogP contribution in [0.15, 0.2) is 42.5 Å². The molecule has 3 nitrogen and oxygen atoms in total. The predicted octanol–water partition coefficient (Wildman–Crippen LogP) is 4.78. The summed E-state index contributed by atoms with van der Waals surface area (Å²) in [6.07, 6.45) is 4.35. The number of hydrogen-bond donors (Lipinski definition) is 2. The first kappa shape index (κ1) is 17.9. The predicted molar refractivity (Wildman–Crippen MR) is 96.7 cm³/mol. The van der Waals surface area contributed by atoms with Crippen LogP contribution in [0, 0.1) is 5.82 Å².